The Morgan fingerprint density at radius 3 is 2.36 bits per heavy atom. The molecule has 0 aromatic heterocycles. The zero-order valence-corrected chi connectivity index (χ0v) is 14.6. The number of nitrogens with one attached hydrogen (secondary N) is 1. The number of hydrogen-bond acceptors (Lipinski definition) is 2. The average Bonchev–Trinajstić information content (AvgIpc) is 2.48. The van der Waals surface area contributed by atoms with Gasteiger partial charge in [-0.05, 0) is 58.8 Å². The molecule has 2 N–H and O–H groups in total. The number of ketones is 1. The van der Waals surface area contributed by atoms with Crippen molar-refractivity contribution in [3.63, 3.8) is 0 Å². The number of benzene rings is 2. The lowest BCUT2D eigenvalue weighted by Crippen LogP contribution is -2.32. The quantitative estimate of drug-likeness (QED) is 0.558. The van der Waals surface area contributed by atoms with Gasteiger partial charge in [-0.2, -0.15) is 0 Å². The number of aryl methyl sites for hydroxylation is 1. The third-order valence-corrected chi connectivity index (χ3v) is 4.31. The summed E-state index contributed by atoms with van der Waals surface area (Å²) < 4.78 is 0.996. The molecule has 1 amide bonds. The van der Waals surface area contributed by atoms with Crippen LogP contribution in [0, 0.1) is 10.5 Å². The number of rotatable bonds is 4. The summed E-state index contributed by atoms with van der Waals surface area (Å²) in [6.45, 7) is 1.84. The van der Waals surface area contributed by atoms with Gasteiger partial charge in [-0.25, -0.2) is 4.79 Å². The molecule has 114 valence electrons. The molecule has 2 aromatic carbocycles. The van der Waals surface area contributed by atoms with Gasteiger partial charge >= 0.3 is 6.09 Å². The molecule has 0 aliphatic heterocycles. The van der Waals surface area contributed by atoms with E-state index in [9.17, 15) is 9.59 Å². The predicted molar refractivity (Wildman–Crippen MR) is 93.6 cm³/mol. The van der Waals surface area contributed by atoms with Gasteiger partial charge in [0.1, 0.15) is 6.04 Å². The first-order valence-corrected chi connectivity index (χ1v) is 7.89. The Morgan fingerprint density at radius 1 is 1.18 bits per heavy atom. The molecule has 0 spiro atoms. The minimum absolute atomic E-state index is 0.321. The lowest BCUT2D eigenvalue weighted by atomic mass is 9.97. The summed E-state index contributed by atoms with van der Waals surface area (Å²) in [7, 11) is 0. The Hall–Kier alpha value is -1.60. The molecule has 4 nitrogen and oxygen atoms in total. The fourth-order valence-electron chi connectivity index (χ4n) is 1.99. The maximum atomic E-state index is 12.6. The molecule has 0 heterocycles. The Labute approximate surface area is 146 Å². The van der Waals surface area contributed by atoms with Gasteiger partial charge in [0.2, 0.25) is 0 Å². The van der Waals surface area contributed by atoms with Gasteiger partial charge in [-0.1, -0.05) is 35.9 Å². The van der Waals surface area contributed by atoms with Crippen LogP contribution in [-0.2, 0) is 0 Å². The molecule has 0 aliphatic carbocycles. The molecular formula is C16H13ClINO3. The highest BCUT2D eigenvalue weighted by Gasteiger charge is 2.24. The lowest BCUT2D eigenvalue weighted by molar-refractivity contribution is 0.0936. The van der Waals surface area contributed by atoms with Crippen LogP contribution in [0.4, 0.5) is 4.79 Å². The van der Waals surface area contributed by atoms with E-state index in [4.69, 9.17) is 16.7 Å². The highest BCUT2D eigenvalue weighted by molar-refractivity contribution is 14.1. The highest BCUT2D eigenvalue weighted by Crippen LogP contribution is 2.24. The smallest absolute Gasteiger partial charge is 0.405 e. The van der Waals surface area contributed by atoms with Gasteiger partial charge in [0.15, 0.2) is 5.78 Å². The van der Waals surface area contributed by atoms with Crippen molar-refractivity contribution in [1.29, 1.82) is 0 Å². The second-order valence-corrected chi connectivity index (χ2v) is 6.42. The Morgan fingerprint density at radius 2 is 1.82 bits per heavy atom. The van der Waals surface area contributed by atoms with E-state index in [1.807, 2.05) is 6.92 Å². The van der Waals surface area contributed by atoms with Crippen molar-refractivity contribution in [1.82, 2.24) is 5.32 Å². The molecule has 1 atom stereocenters. The molecule has 6 heteroatoms. The Kier molecular flexibility index (Phi) is 5.42. The summed E-state index contributed by atoms with van der Waals surface area (Å²) in [5, 5.41) is 11.8. The molecule has 0 saturated heterocycles. The summed E-state index contributed by atoms with van der Waals surface area (Å²) in [6, 6.07) is 11.0. The summed E-state index contributed by atoms with van der Waals surface area (Å²) in [5.41, 5.74) is 1.82. The maximum absolute atomic E-state index is 12.6. The van der Waals surface area contributed by atoms with Gasteiger partial charge < -0.3 is 10.4 Å². The summed E-state index contributed by atoms with van der Waals surface area (Å²) in [6.07, 6.45) is -1.26. The van der Waals surface area contributed by atoms with Gasteiger partial charge in [0.25, 0.3) is 0 Å². The maximum Gasteiger partial charge on any atom is 0.405 e. The van der Waals surface area contributed by atoms with Crippen molar-refractivity contribution in [3.8, 4) is 0 Å². The minimum atomic E-state index is -1.26. The first-order chi connectivity index (χ1) is 10.4. The molecule has 0 saturated carbocycles. The zero-order valence-electron chi connectivity index (χ0n) is 11.6. The van der Waals surface area contributed by atoms with Crippen LogP contribution < -0.4 is 5.32 Å². The summed E-state index contributed by atoms with van der Waals surface area (Å²) >= 11 is 8.22. The molecular weight excluding hydrogens is 417 g/mol. The Bertz CT molecular complexity index is 716. The third kappa shape index (κ3) is 3.98. The van der Waals surface area contributed by atoms with Crippen molar-refractivity contribution in [2.45, 2.75) is 13.0 Å². The van der Waals surface area contributed by atoms with Crippen molar-refractivity contribution in [2.75, 3.05) is 0 Å². The average molecular weight is 430 g/mol. The van der Waals surface area contributed by atoms with Crippen molar-refractivity contribution < 1.29 is 14.7 Å². The van der Waals surface area contributed by atoms with Crippen molar-refractivity contribution >= 4 is 46.1 Å². The molecule has 2 aromatic rings. The molecule has 2 rings (SSSR count). The highest BCUT2D eigenvalue weighted by atomic mass is 127. The van der Waals surface area contributed by atoms with Crippen LogP contribution in [0.2, 0.25) is 5.02 Å². The van der Waals surface area contributed by atoms with E-state index in [0.717, 1.165) is 9.13 Å². The number of amides is 1. The van der Waals surface area contributed by atoms with Crippen LogP contribution in [0.25, 0.3) is 0 Å². The number of Topliss-reactive ketones (excluding diaryl/α,β-unsaturated/α-hetero) is 1. The van der Waals surface area contributed by atoms with Crippen LogP contribution >= 0.6 is 34.2 Å². The lowest BCUT2D eigenvalue weighted by Gasteiger charge is -2.17. The number of hydrogen-bond donors (Lipinski definition) is 2. The second kappa shape index (κ2) is 7.11. The van der Waals surface area contributed by atoms with Crippen molar-refractivity contribution in [3.05, 3.63) is 67.7 Å². The van der Waals surface area contributed by atoms with E-state index >= 15 is 0 Å². The van der Waals surface area contributed by atoms with Gasteiger partial charge in [-0.3, -0.25) is 4.79 Å². The van der Waals surface area contributed by atoms with Gasteiger partial charge in [-0.15, -0.1) is 0 Å². The summed E-state index contributed by atoms with van der Waals surface area (Å²) in [4.78, 5) is 23.6. The van der Waals surface area contributed by atoms with E-state index in [2.05, 4.69) is 27.9 Å². The largest absolute Gasteiger partial charge is 0.465 e. The second-order valence-electron chi connectivity index (χ2n) is 4.76. The zero-order chi connectivity index (χ0) is 16.3. The van der Waals surface area contributed by atoms with Gasteiger partial charge in [0, 0.05) is 14.2 Å². The van der Waals surface area contributed by atoms with E-state index in [0.29, 0.717) is 16.1 Å². The SMILES string of the molecule is Cc1ccc(C(NC(=O)O)C(=O)c2ccc(I)cc2)cc1Cl. The predicted octanol–water partition coefficient (Wildman–Crippen LogP) is 4.44. The van der Waals surface area contributed by atoms with Crippen LogP contribution in [0.5, 0.6) is 0 Å². The molecule has 0 fully saturated rings. The normalized spacial score (nSPS) is 11.8. The van der Waals surface area contributed by atoms with Crippen LogP contribution in [-0.4, -0.2) is 17.0 Å². The van der Waals surface area contributed by atoms with E-state index in [1.54, 1.807) is 42.5 Å². The number of carbonyl (C=O) groups excluding carboxylic acids is 1. The van der Waals surface area contributed by atoms with E-state index in [-0.39, 0.29) is 5.78 Å². The number of halogens is 2. The molecule has 0 aliphatic rings. The fourth-order valence-corrected chi connectivity index (χ4v) is 2.54. The topological polar surface area (TPSA) is 66.4 Å². The number of carbonyl (C=O) groups is 2. The monoisotopic (exact) mass is 429 g/mol. The first kappa shape index (κ1) is 16.8. The van der Waals surface area contributed by atoms with E-state index in [1.165, 1.54) is 0 Å². The summed E-state index contributed by atoms with van der Waals surface area (Å²) in [5.74, 6) is -0.321. The van der Waals surface area contributed by atoms with Gasteiger partial charge in [0.05, 0.1) is 0 Å². The standard InChI is InChI=1S/C16H13ClINO3/c1-9-2-3-11(8-13(9)17)14(19-16(21)22)15(20)10-4-6-12(18)7-5-10/h2-8,14,19H,1H3,(H,21,22). The van der Waals surface area contributed by atoms with E-state index < -0.39 is 12.1 Å². The third-order valence-electron chi connectivity index (χ3n) is 3.19. The van der Waals surface area contributed by atoms with Crippen LogP contribution in [0.3, 0.4) is 0 Å². The fraction of sp³-hybridized carbons (Fsp3) is 0.125. The first-order valence-electron chi connectivity index (χ1n) is 6.44. The minimum Gasteiger partial charge on any atom is -0.465 e. The number of carboxylic acid groups (broad SMARTS) is 1. The molecule has 22 heavy (non-hydrogen) atoms. The van der Waals surface area contributed by atoms with Crippen molar-refractivity contribution in [2.24, 2.45) is 0 Å². The molecule has 1 unspecified atom stereocenters. The molecule has 0 radical (unpaired) electrons. The van der Waals surface area contributed by atoms with Crippen LogP contribution in [0.15, 0.2) is 42.5 Å². The van der Waals surface area contributed by atoms with Crippen LogP contribution in [0.1, 0.15) is 27.5 Å². The molecule has 0 bridgehead atoms. The Balaban J connectivity index is 2.40.